The minimum Gasteiger partial charge on any atom is -0.299 e. The lowest BCUT2D eigenvalue weighted by molar-refractivity contribution is -0.384. The standard InChI is InChI=1S/C11H6ClN3O2/c12-7-5-8-10(6-9(7)15(16)17)14-4-2-1-3-11(14)13-8/h1-6H. The van der Waals surface area contributed by atoms with Crippen molar-refractivity contribution < 1.29 is 4.92 Å². The van der Waals surface area contributed by atoms with Crippen LogP contribution in [0, 0.1) is 10.1 Å². The van der Waals surface area contributed by atoms with Gasteiger partial charge in [-0.15, -0.1) is 0 Å². The number of nitro benzene ring substituents is 1. The molecule has 0 unspecified atom stereocenters. The van der Waals surface area contributed by atoms with Crippen LogP contribution in [0.2, 0.25) is 5.02 Å². The molecule has 6 heteroatoms. The molecule has 0 saturated heterocycles. The third kappa shape index (κ3) is 1.43. The van der Waals surface area contributed by atoms with Crippen molar-refractivity contribution in [3.8, 4) is 0 Å². The lowest BCUT2D eigenvalue weighted by Gasteiger charge is -1.96. The maximum atomic E-state index is 10.8. The zero-order valence-corrected chi connectivity index (χ0v) is 9.26. The predicted molar refractivity (Wildman–Crippen MR) is 64.4 cm³/mol. The fourth-order valence-electron chi connectivity index (χ4n) is 1.82. The minimum atomic E-state index is -0.496. The first-order chi connectivity index (χ1) is 8.16. The van der Waals surface area contributed by atoms with Crippen molar-refractivity contribution in [3.63, 3.8) is 0 Å². The predicted octanol–water partition coefficient (Wildman–Crippen LogP) is 3.05. The van der Waals surface area contributed by atoms with Gasteiger partial charge in [-0.05, 0) is 18.2 Å². The normalized spacial score (nSPS) is 11.1. The van der Waals surface area contributed by atoms with Crippen LogP contribution in [-0.2, 0) is 0 Å². The molecule has 17 heavy (non-hydrogen) atoms. The van der Waals surface area contributed by atoms with Gasteiger partial charge in [0, 0.05) is 12.3 Å². The van der Waals surface area contributed by atoms with E-state index in [1.165, 1.54) is 12.1 Å². The number of aromatic nitrogens is 2. The van der Waals surface area contributed by atoms with E-state index in [-0.39, 0.29) is 10.7 Å². The Hall–Kier alpha value is -2.14. The van der Waals surface area contributed by atoms with E-state index in [0.29, 0.717) is 11.0 Å². The molecule has 0 saturated carbocycles. The Kier molecular flexibility index (Phi) is 2.02. The summed E-state index contributed by atoms with van der Waals surface area (Å²) >= 11 is 5.83. The molecule has 0 bridgehead atoms. The van der Waals surface area contributed by atoms with Crippen LogP contribution in [0.5, 0.6) is 0 Å². The minimum absolute atomic E-state index is 0.103. The van der Waals surface area contributed by atoms with Gasteiger partial charge in [0.1, 0.15) is 10.7 Å². The number of rotatable bonds is 1. The first-order valence-electron chi connectivity index (χ1n) is 4.87. The maximum Gasteiger partial charge on any atom is 0.290 e. The van der Waals surface area contributed by atoms with E-state index in [4.69, 9.17) is 11.6 Å². The molecule has 0 spiro atoms. The van der Waals surface area contributed by atoms with Crippen molar-refractivity contribution in [1.82, 2.24) is 9.38 Å². The van der Waals surface area contributed by atoms with Gasteiger partial charge in [0.05, 0.1) is 16.0 Å². The van der Waals surface area contributed by atoms with Crippen LogP contribution in [0.25, 0.3) is 16.7 Å². The van der Waals surface area contributed by atoms with Crippen LogP contribution in [0.15, 0.2) is 36.5 Å². The highest BCUT2D eigenvalue weighted by atomic mass is 35.5. The zero-order chi connectivity index (χ0) is 12.0. The summed E-state index contributed by atoms with van der Waals surface area (Å²) in [6, 6.07) is 8.49. The van der Waals surface area contributed by atoms with E-state index in [1.807, 2.05) is 24.4 Å². The average molecular weight is 248 g/mol. The number of imidazole rings is 1. The molecule has 2 heterocycles. The Morgan fingerprint density at radius 3 is 2.94 bits per heavy atom. The second-order valence-electron chi connectivity index (χ2n) is 3.59. The molecule has 2 aromatic heterocycles. The van der Waals surface area contributed by atoms with Gasteiger partial charge in [0.2, 0.25) is 0 Å². The molecule has 84 valence electrons. The Morgan fingerprint density at radius 2 is 2.18 bits per heavy atom. The van der Waals surface area contributed by atoms with Crippen molar-refractivity contribution in [2.75, 3.05) is 0 Å². The molecule has 0 N–H and O–H groups in total. The molecule has 5 nitrogen and oxygen atoms in total. The molecular weight excluding hydrogens is 242 g/mol. The lowest BCUT2D eigenvalue weighted by atomic mass is 10.3. The third-order valence-electron chi connectivity index (χ3n) is 2.57. The second kappa shape index (κ2) is 3.43. The van der Waals surface area contributed by atoms with Gasteiger partial charge in [-0.25, -0.2) is 4.98 Å². The van der Waals surface area contributed by atoms with Crippen LogP contribution in [0.3, 0.4) is 0 Å². The molecule has 0 atom stereocenters. The number of hydrogen-bond donors (Lipinski definition) is 0. The molecule has 3 rings (SSSR count). The zero-order valence-electron chi connectivity index (χ0n) is 8.50. The van der Waals surface area contributed by atoms with E-state index in [9.17, 15) is 10.1 Å². The Bertz CT molecular complexity index is 751. The highest BCUT2D eigenvalue weighted by Crippen LogP contribution is 2.29. The molecule has 0 aliphatic rings. The number of fused-ring (bicyclic) bond motifs is 3. The molecule has 1 aromatic carbocycles. The molecule has 3 aromatic rings. The summed E-state index contributed by atoms with van der Waals surface area (Å²) in [4.78, 5) is 14.7. The van der Waals surface area contributed by atoms with E-state index < -0.39 is 4.92 Å². The number of benzene rings is 1. The van der Waals surface area contributed by atoms with E-state index in [0.717, 1.165) is 5.65 Å². The molecule has 0 amide bonds. The molecule has 0 aliphatic carbocycles. The van der Waals surface area contributed by atoms with Crippen LogP contribution in [-0.4, -0.2) is 14.3 Å². The SMILES string of the molecule is O=[N+]([O-])c1cc2c(cc1Cl)nc1ccccn12. The van der Waals surface area contributed by atoms with Crippen LogP contribution in [0.4, 0.5) is 5.69 Å². The van der Waals surface area contributed by atoms with Gasteiger partial charge >= 0.3 is 0 Å². The molecular formula is C11H6ClN3O2. The maximum absolute atomic E-state index is 10.8. The van der Waals surface area contributed by atoms with Gasteiger partial charge in [-0.3, -0.25) is 14.5 Å². The average Bonchev–Trinajstić information content (AvgIpc) is 2.64. The Balaban J connectivity index is 2.47. The first kappa shape index (κ1) is 10.0. The van der Waals surface area contributed by atoms with Gasteiger partial charge in [0.15, 0.2) is 0 Å². The van der Waals surface area contributed by atoms with Crippen molar-refractivity contribution >= 4 is 34.0 Å². The summed E-state index contributed by atoms with van der Waals surface area (Å²) in [7, 11) is 0. The smallest absolute Gasteiger partial charge is 0.290 e. The van der Waals surface area contributed by atoms with Crippen molar-refractivity contribution in [2.45, 2.75) is 0 Å². The number of nitrogens with zero attached hydrogens (tertiary/aromatic N) is 3. The van der Waals surface area contributed by atoms with Crippen LogP contribution >= 0.6 is 11.6 Å². The largest absolute Gasteiger partial charge is 0.299 e. The Labute approximate surface area is 100 Å². The van der Waals surface area contributed by atoms with Gasteiger partial charge in [-0.1, -0.05) is 17.7 Å². The van der Waals surface area contributed by atoms with E-state index in [2.05, 4.69) is 4.98 Å². The van der Waals surface area contributed by atoms with E-state index in [1.54, 1.807) is 4.40 Å². The van der Waals surface area contributed by atoms with Gasteiger partial charge < -0.3 is 0 Å². The fraction of sp³-hybridized carbons (Fsp3) is 0. The molecule has 0 aliphatic heterocycles. The highest BCUT2D eigenvalue weighted by Gasteiger charge is 2.16. The van der Waals surface area contributed by atoms with Crippen molar-refractivity contribution in [3.05, 3.63) is 51.7 Å². The van der Waals surface area contributed by atoms with Crippen molar-refractivity contribution in [2.24, 2.45) is 0 Å². The second-order valence-corrected chi connectivity index (χ2v) is 4.00. The molecule has 0 radical (unpaired) electrons. The first-order valence-corrected chi connectivity index (χ1v) is 5.25. The topological polar surface area (TPSA) is 60.4 Å². The van der Waals surface area contributed by atoms with Gasteiger partial charge in [-0.2, -0.15) is 0 Å². The molecule has 0 fully saturated rings. The summed E-state index contributed by atoms with van der Waals surface area (Å²) in [5.74, 6) is 0. The quantitative estimate of drug-likeness (QED) is 0.490. The third-order valence-corrected chi connectivity index (χ3v) is 2.88. The summed E-state index contributed by atoms with van der Waals surface area (Å²) in [5.41, 5.74) is 1.95. The number of halogens is 1. The number of hydrogen-bond acceptors (Lipinski definition) is 3. The summed E-state index contributed by atoms with van der Waals surface area (Å²) in [5, 5.41) is 10.9. The number of pyridine rings is 1. The Morgan fingerprint density at radius 1 is 1.35 bits per heavy atom. The lowest BCUT2D eigenvalue weighted by Crippen LogP contribution is -1.90. The monoisotopic (exact) mass is 247 g/mol. The summed E-state index contributed by atoms with van der Waals surface area (Å²) in [6.45, 7) is 0. The summed E-state index contributed by atoms with van der Waals surface area (Å²) < 4.78 is 1.79. The number of nitro groups is 1. The highest BCUT2D eigenvalue weighted by molar-refractivity contribution is 6.33. The van der Waals surface area contributed by atoms with Gasteiger partial charge in [0.25, 0.3) is 5.69 Å². The summed E-state index contributed by atoms with van der Waals surface area (Å²) in [6.07, 6.45) is 1.81. The van der Waals surface area contributed by atoms with Crippen LogP contribution < -0.4 is 0 Å². The van der Waals surface area contributed by atoms with Crippen molar-refractivity contribution in [1.29, 1.82) is 0 Å². The fourth-order valence-corrected chi connectivity index (χ4v) is 2.04. The van der Waals surface area contributed by atoms with E-state index >= 15 is 0 Å². The van der Waals surface area contributed by atoms with Crippen LogP contribution in [0.1, 0.15) is 0 Å².